The minimum atomic E-state index is -1.21. The van der Waals surface area contributed by atoms with E-state index in [0.717, 1.165) is 5.28 Å². The molecule has 0 aliphatic heterocycles. The first-order valence-electron chi connectivity index (χ1n) is 1.55. The summed E-state index contributed by atoms with van der Waals surface area (Å²) in [6.07, 6.45) is 0. The Hall–Kier alpha value is 1.40. The molecule has 0 spiro atoms. The summed E-state index contributed by atoms with van der Waals surface area (Å²) >= 11 is -1.21. The van der Waals surface area contributed by atoms with E-state index in [1.54, 1.807) is 0 Å². The highest BCUT2D eigenvalue weighted by atomic mass is 35.7. The minimum absolute atomic E-state index is 0. The standard InChI is InChI=1S/C2H5.Al.3ClH/c1-2;;;;/h1H2,2H3;;3*1H/q;+2;;;/p-2. The average Bonchev–Trinajstić information content (AvgIpc) is 1.38. The molecule has 0 saturated carbocycles. The Kier molecular flexibility index (Phi) is 11.1. The minimum Gasteiger partial charge on any atom is -0.234 e. The first-order chi connectivity index (χ1) is 2.27. The van der Waals surface area contributed by atoms with Crippen LogP contribution < -0.4 is 0 Å². The molecule has 38 valence electrons. The maximum Gasteiger partial charge on any atom is 0.519 e. The smallest absolute Gasteiger partial charge is 0.234 e. The van der Waals surface area contributed by atoms with Crippen molar-refractivity contribution in [2.75, 3.05) is 0 Å². The molecule has 0 heterocycles. The number of hydrogen-bond acceptors (Lipinski definition) is 0. The van der Waals surface area contributed by atoms with Crippen LogP contribution in [0.25, 0.3) is 0 Å². The van der Waals surface area contributed by atoms with Crippen LogP contribution in [0, 0.1) is 0 Å². The molecule has 0 aliphatic rings. The number of halogens is 3. The van der Waals surface area contributed by atoms with E-state index < -0.39 is 12.3 Å². The number of rotatable bonds is 1. The summed E-state index contributed by atoms with van der Waals surface area (Å²) < 4.78 is 0. The van der Waals surface area contributed by atoms with Crippen molar-refractivity contribution < 1.29 is 0 Å². The van der Waals surface area contributed by atoms with Crippen molar-refractivity contribution in [2.45, 2.75) is 12.2 Å². The second kappa shape index (κ2) is 6.40. The lowest BCUT2D eigenvalue weighted by Gasteiger charge is -1.74. The molecule has 0 atom stereocenters. The van der Waals surface area contributed by atoms with Crippen molar-refractivity contribution in [1.82, 2.24) is 0 Å². The summed E-state index contributed by atoms with van der Waals surface area (Å²) in [6, 6.07) is 0. The molecule has 0 N–H and O–H groups in total. The Bertz CT molecular complexity index is 22.8. The van der Waals surface area contributed by atoms with Crippen LogP contribution in [0.15, 0.2) is 0 Å². The molecule has 0 aromatic carbocycles. The summed E-state index contributed by atoms with van der Waals surface area (Å²) in [7, 11) is 10.7. The van der Waals surface area contributed by atoms with Gasteiger partial charge in [-0.05, 0) is 0 Å². The predicted molar refractivity (Wildman–Crippen MR) is 35.2 cm³/mol. The van der Waals surface area contributed by atoms with Gasteiger partial charge in [0, 0.05) is 0 Å². The second-order valence-electron chi connectivity index (χ2n) is 0.799. The van der Waals surface area contributed by atoms with Gasteiger partial charge in [-0.25, -0.2) is 20.1 Å². The summed E-state index contributed by atoms with van der Waals surface area (Å²) in [5.74, 6) is 0. The zero-order chi connectivity index (χ0) is 4.28. The van der Waals surface area contributed by atoms with Crippen molar-refractivity contribution >= 4 is 44.8 Å². The van der Waals surface area contributed by atoms with Gasteiger partial charge in [0.1, 0.15) is 0 Å². The third kappa shape index (κ3) is 9.04. The third-order valence-electron chi connectivity index (χ3n) is 0.309. The molecule has 0 rings (SSSR count). The molecule has 0 amide bonds. The van der Waals surface area contributed by atoms with Gasteiger partial charge in [-0.3, -0.25) is 0 Å². The Morgan fingerprint density at radius 1 is 1.50 bits per heavy atom. The zero-order valence-corrected chi connectivity index (χ0v) is 6.93. The molecule has 0 aromatic rings. The van der Waals surface area contributed by atoms with E-state index in [1.807, 2.05) is 6.92 Å². The maximum absolute atomic E-state index is 5.37. The molecule has 0 saturated heterocycles. The largest absolute Gasteiger partial charge is 0.519 e. The fourth-order valence-corrected chi connectivity index (χ4v) is 0. The van der Waals surface area contributed by atoms with Gasteiger partial charge < -0.3 is 0 Å². The molecular formula is C2H6AlCl3. The van der Waals surface area contributed by atoms with Gasteiger partial charge in [-0.15, -0.1) is 12.4 Å². The third-order valence-corrected chi connectivity index (χ3v) is 2.78. The van der Waals surface area contributed by atoms with Crippen LogP contribution in [-0.4, -0.2) is 12.3 Å². The SMILES string of the molecule is C[CH2][Al]([Cl])[Cl].Cl. The van der Waals surface area contributed by atoms with Crippen molar-refractivity contribution in [3.05, 3.63) is 0 Å². The molecule has 0 fully saturated rings. The molecule has 4 heteroatoms. The molecular weight excluding hydrogens is 157 g/mol. The maximum atomic E-state index is 5.37. The lowest BCUT2D eigenvalue weighted by molar-refractivity contribution is 1.47. The van der Waals surface area contributed by atoms with Crippen LogP contribution in [-0.2, 0) is 0 Å². The summed E-state index contributed by atoms with van der Waals surface area (Å²) in [5, 5.41) is 0.975. The Labute approximate surface area is 57.0 Å². The van der Waals surface area contributed by atoms with E-state index in [-0.39, 0.29) is 12.4 Å². The highest BCUT2D eigenvalue weighted by molar-refractivity contribution is 7.33. The van der Waals surface area contributed by atoms with Crippen LogP contribution in [0.2, 0.25) is 5.28 Å². The first kappa shape index (κ1) is 10.4. The van der Waals surface area contributed by atoms with Gasteiger partial charge in [0.2, 0.25) is 0 Å². The molecule has 0 bridgehead atoms. The normalized spacial score (nSPS) is 6.50. The Balaban J connectivity index is 0. The van der Waals surface area contributed by atoms with Crippen LogP contribution in [0.5, 0.6) is 0 Å². The first-order valence-corrected chi connectivity index (χ1v) is 5.86. The summed E-state index contributed by atoms with van der Waals surface area (Å²) in [4.78, 5) is 0. The highest BCUT2D eigenvalue weighted by Crippen LogP contribution is 1.98. The average molecular weight is 163 g/mol. The van der Waals surface area contributed by atoms with Crippen molar-refractivity contribution in [3.8, 4) is 0 Å². The topological polar surface area (TPSA) is 0 Å². The van der Waals surface area contributed by atoms with E-state index >= 15 is 0 Å². The molecule has 0 unspecified atom stereocenters. The van der Waals surface area contributed by atoms with Crippen molar-refractivity contribution in [2.24, 2.45) is 0 Å². The number of hydrogen-bond donors (Lipinski definition) is 0. The zero-order valence-electron chi connectivity index (χ0n) is 3.45. The molecule has 6 heavy (non-hydrogen) atoms. The van der Waals surface area contributed by atoms with Gasteiger partial charge in [-0.2, -0.15) is 0 Å². The fraction of sp³-hybridized carbons (Fsp3) is 1.00. The fourth-order valence-electron chi connectivity index (χ4n) is 0. The van der Waals surface area contributed by atoms with Crippen LogP contribution >= 0.6 is 32.5 Å². The van der Waals surface area contributed by atoms with E-state index in [1.165, 1.54) is 0 Å². The predicted octanol–water partition coefficient (Wildman–Crippen LogP) is 2.39. The van der Waals surface area contributed by atoms with Gasteiger partial charge in [0.05, 0.1) is 0 Å². The quantitative estimate of drug-likeness (QED) is 0.521. The van der Waals surface area contributed by atoms with E-state index in [2.05, 4.69) is 0 Å². The molecule has 0 aliphatic carbocycles. The summed E-state index contributed by atoms with van der Waals surface area (Å²) in [6.45, 7) is 2.00. The highest BCUT2D eigenvalue weighted by Gasteiger charge is 2.02. The van der Waals surface area contributed by atoms with Gasteiger partial charge >= 0.3 is 12.3 Å². The Morgan fingerprint density at radius 2 is 1.67 bits per heavy atom. The van der Waals surface area contributed by atoms with E-state index in [4.69, 9.17) is 20.1 Å². The van der Waals surface area contributed by atoms with Gasteiger partial charge in [0.15, 0.2) is 0 Å². The second-order valence-corrected chi connectivity index (χ2v) is 6.23. The lowest BCUT2D eigenvalue weighted by atomic mass is 11.0. The monoisotopic (exact) mass is 162 g/mol. The van der Waals surface area contributed by atoms with Crippen LogP contribution in [0.1, 0.15) is 6.92 Å². The summed E-state index contributed by atoms with van der Waals surface area (Å²) in [5.41, 5.74) is 0. The van der Waals surface area contributed by atoms with Crippen molar-refractivity contribution in [1.29, 1.82) is 0 Å². The van der Waals surface area contributed by atoms with E-state index in [9.17, 15) is 0 Å². The van der Waals surface area contributed by atoms with E-state index in [0.29, 0.717) is 0 Å². The van der Waals surface area contributed by atoms with Gasteiger partial charge in [0.25, 0.3) is 0 Å². The lowest BCUT2D eigenvalue weighted by Crippen LogP contribution is -1.83. The van der Waals surface area contributed by atoms with Crippen LogP contribution in [0.4, 0.5) is 0 Å². The Morgan fingerprint density at radius 3 is 1.67 bits per heavy atom. The van der Waals surface area contributed by atoms with Crippen LogP contribution in [0.3, 0.4) is 0 Å². The van der Waals surface area contributed by atoms with Crippen molar-refractivity contribution in [3.63, 3.8) is 0 Å². The molecule has 0 radical (unpaired) electrons. The molecule has 0 nitrogen and oxygen atoms in total. The molecule has 0 aromatic heterocycles. The van der Waals surface area contributed by atoms with Gasteiger partial charge in [-0.1, -0.05) is 12.2 Å².